The van der Waals surface area contributed by atoms with Crippen LogP contribution >= 0.6 is 0 Å². The minimum atomic E-state index is -1.54. The molecule has 1 aliphatic heterocycles. The molecule has 2 unspecified atom stereocenters. The zero-order valence-electron chi connectivity index (χ0n) is 9.20. The first kappa shape index (κ1) is 5.43. The van der Waals surface area contributed by atoms with Gasteiger partial charge < -0.3 is 4.74 Å². The number of rotatable bonds is 0. The van der Waals surface area contributed by atoms with Crippen molar-refractivity contribution in [2.24, 2.45) is 5.41 Å². The van der Waals surface area contributed by atoms with Crippen LogP contribution in [0.2, 0.25) is 0 Å². The highest BCUT2D eigenvalue weighted by molar-refractivity contribution is 6.06. The summed E-state index contributed by atoms with van der Waals surface area (Å²) in [5, 5.41) is 0. The van der Waals surface area contributed by atoms with Crippen LogP contribution in [0.4, 0.5) is 0 Å². The van der Waals surface area contributed by atoms with Crippen LogP contribution in [0, 0.1) is 5.41 Å². The highest BCUT2D eigenvalue weighted by Crippen LogP contribution is 2.54. The maximum atomic E-state index is 12.1. The lowest BCUT2D eigenvalue weighted by atomic mass is 9.94. The van der Waals surface area contributed by atoms with Gasteiger partial charge in [0, 0.05) is 9.11 Å². The van der Waals surface area contributed by atoms with Crippen LogP contribution in [0.15, 0.2) is 24.3 Å². The molecule has 2 aliphatic rings. The quantitative estimate of drug-likeness (QED) is 0.604. The first-order chi connectivity index (χ1) is 6.99. The summed E-state index contributed by atoms with van der Waals surface area (Å²) in [6.07, 6.45) is -2.16. The number of fused-ring (bicyclic) bond motifs is 2. The molecular formula is C11H10O2. The van der Waals surface area contributed by atoms with E-state index in [1.54, 1.807) is 31.2 Å². The summed E-state index contributed by atoms with van der Waals surface area (Å²) < 4.78 is 21.0. The molecule has 13 heavy (non-hydrogen) atoms. The molecule has 1 aliphatic carbocycles. The number of carbonyl (C=O) groups is 1. The van der Waals surface area contributed by atoms with Crippen LogP contribution in [0.1, 0.15) is 26.4 Å². The second-order valence-electron chi connectivity index (χ2n) is 3.67. The fraction of sp³-hybridized carbons (Fsp3) is 0.364. The van der Waals surface area contributed by atoms with E-state index in [9.17, 15) is 4.79 Å². The van der Waals surface area contributed by atoms with Gasteiger partial charge in [-0.2, -0.15) is 0 Å². The first-order valence-corrected chi connectivity index (χ1v) is 4.30. The zero-order chi connectivity index (χ0) is 10.8. The van der Waals surface area contributed by atoms with Crippen molar-refractivity contribution in [3.8, 4) is 5.75 Å². The molecule has 0 saturated heterocycles. The lowest BCUT2D eigenvalue weighted by Gasteiger charge is -2.20. The number of benzene rings is 1. The Hall–Kier alpha value is -1.31. The summed E-state index contributed by atoms with van der Waals surface area (Å²) in [5.74, 6) is 0.366. The van der Waals surface area contributed by atoms with E-state index in [-0.39, 0.29) is 5.78 Å². The summed E-state index contributed by atoms with van der Waals surface area (Å²) >= 11 is 0. The molecule has 0 radical (unpaired) electrons. The predicted molar refractivity (Wildman–Crippen MR) is 47.9 cm³/mol. The van der Waals surface area contributed by atoms with E-state index in [4.69, 9.17) is 7.48 Å². The van der Waals surface area contributed by atoms with Crippen molar-refractivity contribution in [3.63, 3.8) is 0 Å². The van der Waals surface area contributed by atoms with Gasteiger partial charge in [-0.25, -0.2) is 0 Å². The van der Waals surface area contributed by atoms with Gasteiger partial charge in [0.25, 0.3) is 0 Å². The number of para-hydroxylation sites is 1. The lowest BCUT2D eigenvalue weighted by molar-refractivity contribution is 0.0838. The molecule has 0 amide bonds. The van der Waals surface area contributed by atoms with E-state index in [0.29, 0.717) is 11.3 Å². The topological polar surface area (TPSA) is 26.3 Å². The van der Waals surface area contributed by atoms with E-state index in [1.807, 2.05) is 0 Å². The minimum Gasteiger partial charge on any atom is -0.489 e. The predicted octanol–water partition coefficient (Wildman–Crippen LogP) is 2.04. The molecule has 0 aromatic heterocycles. The fourth-order valence-electron chi connectivity index (χ4n) is 1.73. The Morgan fingerprint density at radius 2 is 2.38 bits per heavy atom. The third kappa shape index (κ3) is 0.755. The van der Waals surface area contributed by atoms with Crippen LogP contribution in [0.3, 0.4) is 0 Å². The Balaban J connectivity index is 2.17. The van der Waals surface area contributed by atoms with E-state index in [2.05, 4.69) is 0 Å². The standard InChI is InChI=1S/C11H10O2/c1-11-6-9(11)13-8-5-3-2-4-7(8)10(11)12/h2-5,9H,6H2,1H3/i6D2. The summed E-state index contributed by atoms with van der Waals surface area (Å²) in [7, 11) is 0. The van der Waals surface area contributed by atoms with Crippen molar-refractivity contribution in [2.75, 3.05) is 0 Å². The van der Waals surface area contributed by atoms with Gasteiger partial charge in [0.2, 0.25) is 0 Å². The van der Waals surface area contributed by atoms with E-state index in [1.165, 1.54) is 0 Å². The largest absolute Gasteiger partial charge is 0.489 e. The highest BCUT2D eigenvalue weighted by Gasteiger charge is 2.61. The van der Waals surface area contributed by atoms with Gasteiger partial charge in [-0.1, -0.05) is 12.1 Å². The van der Waals surface area contributed by atoms with Crippen molar-refractivity contribution in [1.82, 2.24) is 0 Å². The van der Waals surface area contributed by atoms with Crippen molar-refractivity contribution in [1.29, 1.82) is 0 Å². The summed E-state index contributed by atoms with van der Waals surface area (Å²) in [6.45, 7) is 1.63. The van der Waals surface area contributed by atoms with Crippen LogP contribution in [-0.2, 0) is 0 Å². The van der Waals surface area contributed by atoms with Crippen molar-refractivity contribution in [2.45, 2.75) is 19.4 Å². The summed E-state index contributed by atoms with van der Waals surface area (Å²) in [4.78, 5) is 12.1. The third-order valence-electron chi connectivity index (χ3n) is 2.72. The van der Waals surface area contributed by atoms with Crippen LogP contribution in [-0.4, -0.2) is 11.9 Å². The van der Waals surface area contributed by atoms with Gasteiger partial charge in [-0.05, 0) is 19.1 Å². The summed E-state index contributed by atoms with van der Waals surface area (Å²) in [6, 6.07) is 6.95. The monoisotopic (exact) mass is 176 g/mol. The maximum absolute atomic E-state index is 12.1. The highest BCUT2D eigenvalue weighted by atomic mass is 16.5. The molecule has 1 heterocycles. The van der Waals surface area contributed by atoms with Gasteiger partial charge in [-0.15, -0.1) is 0 Å². The molecule has 0 N–H and O–H groups in total. The molecule has 0 spiro atoms. The molecule has 0 bridgehead atoms. The Kier molecular flexibility index (Phi) is 0.814. The molecule has 1 saturated carbocycles. The number of hydrogen-bond donors (Lipinski definition) is 0. The average molecular weight is 176 g/mol. The molecule has 66 valence electrons. The van der Waals surface area contributed by atoms with Gasteiger partial charge in [-0.3, -0.25) is 4.79 Å². The second kappa shape index (κ2) is 1.95. The number of hydrogen-bond acceptors (Lipinski definition) is 2. The maximum Gasteiger partial charge on any atom is 0.176 e. The van der Waals surface area contributed by atoms with E-state index >= 15 is 0 Å². The molecule has 1 fully saturated rings. The fourth-order valence-corrected chi connectivity index (χ4v) is 1.73. The van der Waals surface area contributed by atoms with E-state index in [0.717, 1.165) is 0 Å². The molecule has 1 aromatic rings. The van der Waals surface area contributed by atoms with Crippen LogP contribution in [0.5, 0.6) is 5.75 Å². The van der Waals surface area contributed by atoms with Gasteiger partial charge in [0.1, 0.15) is 11.9 Å². The first-order valence-electron chi connectivity index (χ1n) is 5.30. The number of Topliss-reactive ketones (excluding diaryl/α,β-unsaturated/α-hetero) is 1. The Bertz CT molecular complexity index is 469. The Morgan fingerprint density at radius 1 is 1.62 bits per heavy atom. The number of ether oxygens (including phenoxy) is 1. The number of carbonyl (C=O) groups excluding carboxylic acids is 1. The van der Waals surface area contributed by atoms with Crippen molar-refractivity contribution >= 4 is 5.78 Å². The smallest absolute Gasteiger partial charge is 0.176 e. The van der Waals surface area contributed by atoms with Gasteiger partial charge in [0.15, 0.2) is 5.78 Å². The third-order valence-corrected chi connectivity index (χ3v) is 2.72. The van der Waals surface area contributed by atoms with Crippen LogP contribution < -0.4 is 4.74 Å². The SMILES string of the molecule is [2H]C1([2H])C2Oc3ccccc3C(=O)C21C. The Morgan fingerprint density at radius 3 is 3.23 bits per heavy atom. The number of ketones is 1. The zero-order valence-corrected chi connectivity index (χ0v) is 7.20. The average Bonchev–Trinajstić information content (AvgIpc) is 2.65. The molecule has 2 atom stereocenters. The lowest BCUT2D eigenvalue weighted by Crippen LogP contribution is -2.25. The van der Waals surface area contributed by atoms with Gasteiger partial charge >= 0.3 is 0 Å². The van der Waals surface area contributed by atoms with Crippen molar-refractivity contribution in [3.05, 3.63) is 29.8 Å². The molecule has 3 rings (SSSR count). The van der Waals surface area contributed by atoms with E-state index < -0.39 is 17.9 Å². The van der Waals surface area contributed by atoms with Gasteiger partial charge in [0.05, 0.1) is 11.0 Å². The van der Waals surface area contributed by atoms with Crippen LogP contribution in [0.25, 0.3) is 0 Å². The Labute approximate surface area is 79.3 Å². The molecule has 2 heteroatoms. The van der Waals surface area contributed by atoms with Crippen molar-refractivity contribution < 1.29 is 12.3 Å². The summed E-state index contributed by atoms with van der Waals surface area (Å²) in [5.41, 5.74) is -0.487. The normalized spacial score (nSPS) is 40.7. The molecule has 1 aromatic carbocycles. The second-order valence-corrected chi connectivity index (χ2v) is 3.67. The minimum absolute atomic E-state index is 0.139. The molecular weight excluding hydrogens is 164 g/mol. The molecule has 2 nitrogen and oxygen atoms in total.